The summed E-state index contributed by atoms with van der Waals surface area (Å²) in [5, 5.41) is 3.21. The molecule has 0 unspecified atom stereocenters. The van der Waals surface area contributed by atoms with Gasteiger partial charge in [-0.25, -0.2) is 24.4 Å². The molecule has 4 aliphatic carbocycles. The Morgan fingerprint density at radius 1 is 1.02 bits per heavy atom. The molecule has 4 aliphatic rings. The Balaban J connectivity index is 0.823. The van der Waals surface area contributed by atoms with Crippen LogP contribution in [0.5, 0.6) is 0 Å². The number of carbonyl (C=O) groups is 3. The van der Waals surface area contributed by atoms with E-state index in [1.165, 1.54) is 62.9 Å². The minimum absolute atomic E-state index is 0.0622. The highest BCUT2D eigenvalue weighted by Crippen LogP contribution is 2.67. The molecule has 8 atom stereocenters. The molecule has 2 aromatic carbocycles. The Morgan fingerprint density at radius 3 is 2.58 bits per heavy atom. The summed E-state index contributed by atoms with van der Waals surface area (Å²) in [6.45, 7) is 11.1. The Hall–Kier alpha value is -3.52. The van der Waals surface area contributed by atoms with Crippen LogP contribution in [0.25, 0.3) is 11.0 Å². The van der Waals surface area contributed by atoms with Gasteiger partial charge in [-0.05, 0) is 116 Å². The standard InChI is InChI=1S/C48H63BrClFN4O7/c1-28(2)8-7-9-29(3)35-13-14-36-33-12-10-30-22-32(16-18-47(30,4)37(33)17-19-48(35,36)5)62-42(57)26-59-25-41(56)60-20-21-61-54-46(58)34-24-40-45(52-27-55(40)6)43(51)44(34)53-39-15-11-31(49)23-38(39)50/h10-11,15,23-24,27-29,32-33,35-37,53H,7-9,12-14,16-22,25-26H2,1-6H3,(H,54,58)/t29-,32+,33+,35-,36+,37+,47+,48-/m1/s1. The zero-order chi connectivity index (χ0) is 44.3. The number of hydroxylamine groups is 1. The predicted molar refractivity (Wildman–Crippen MR) is 241 cm³/mol. The van der Waals surface area contributed by atoms with Crippen LogP contribution in [-0.2, 0) is 35.7 Å². The number of fused-ring (bicyclic) bond motifs is 6. The Morgan fingerprint density at radius 2 is 1.81 bits per heavy atom. The Kier molecular flexibility index (Phi) is 14.8. The van der Waals surface area contributed by atoms with E-state index in [2.05, 4.69) is 72.4 Å². The van der Waals surface area contributed by atoms with Crippen LogP contribution >= 0.6 is 27.5 Å². The first kappa shape index (κ1) is 46.5. The van der Waals surface area contributed by atoms with Crippen LogP contribution in [-0.4, -0.2) is 59.9 Å². The molecule has 338 valence electrons. The van der Waals surface area contributed by atoms with E-state index in [1.807, 2.05) is 0 Å². The topological polar surface area (TPSA) is 130 Å². The smallest absolute Gasteiger partial charge is 0.332 e. The molecular formula is C48H63BrClFN4O7. The number of esters is 2. The Bertz CT molecular complexity index is 2160. The highest BCUT2D eigenvalue weighted by Gasteiger charge is 2.59. The highest BCUT2D eigenvalue weighted by atomic mass is 79.9. The van der Waals surface area contributed by atoms with Gasteiger partial charge in [-0.1, -0.05) is 93.1 Å². The number of carbonyl (C=O) groups excluding carboxylic acids is 3. The second-order valence-corrected chi connectivity index (χ2v) is 20.5. The molecule has 3 fully saturated rings. The maximum Gasteiger partial charge on any atom is 0.332 e. The number of aryl methyl sites for hydroxylation is 1. The number of benzene rings is 2. The normalized spacial score (nSPS) is 27.2. The number of hydrogen-bond donors (Lipinski definition) is 2. The molecule has 0 aliphatic heterocycles. The van der Waals surface area contributed by atoms with Crippen molar-refractivity contribution >= 4 is 67.8 Å². The van der Waals surface area contributed by atoms with Gasteiger partial charge in [0.15, 0.2) is 5.82 Å². The largest absolute Gasteiger partial charge is 0.461 e. The molecule has 3 aromatic rings. The van der Waals surface area contributed by atoms with Crippen molar-refractivity contribution in [3.63, 3.8) is 0 Å². The second-order valence-electron chi connectivity index (χ2n) is 19.2. The summed E-state index contributed by atoms with van der Waals surface area (Å²) in [7, 11) is 1.68. The van der Waals surface area contributed by atoms with Gasteiger partial charge in [-0.3, -0.25) is 9.63 Å². The van der Waals surface area contributed by atoms with Crippen molar-refractivity contribution in [3.8, 4) is 0 Å². The van der Waals surface area contributed by atoms with Crippen LogP contribution in [0.3, 0.4) is 0 Å². The molecule has 62 heavy (non-hydrogen) atoms. The third-order valence-corrected chi connectivity index (χ3v) is 15.8. The summed E-state index contributed by atoms with van der Waals surface area (Å²) >= 11 is 9.71. The summed E-state index contributed by atoms with van der Waals surface area (Å²) in [5.74, 6) is 1.94. The first-order valence-electron chi connectivity index (χ1n) is 22.5. The molecular weight excluding hydrogens is 879 g/mol. The summed E-state index contributed by atoms with van der Waals surface area (Å²) in [5.41, 5.74) is 4.96. The van der Waals surface area contributed by atoms with Crippen molar-refractivity contribution < 1.29 is 37.8 Å². The lowest BCUT2D eigenvalue weighted by Gasteiger charge is -2.58. The van der Waals surface area contributed by atoms with Crippen LogP contribution in [0.1, 0.15) is 116 Å². The summed E-state index contributed by atoms with van der Waals surface area (Å²) in [6, 6.07) is 6.49. The van der Waals surface area contributed by atoms with Gasteiger partial charge in [-0.15, -0.1) is 0 Å². The third-order valence-electron chi connectivity index (χ3n) is 15.0. The van der Waals surface area contributed by atoms with Crippen LogP contribution < -0.4 is 10.8 Å². The van der Waals surface area contributed by atoms with E-state index >= 15 is 4.39 Å². The summed E-state index contributed by atoms with van der Waals surface area (Å²) in [6.07, 6.45) is 16.9. The molecule has 1 aromatic heterocycles. The number of nitrogens with zero attached hydrogens (tertiary/aromatic N) is 2. The van der Waals surface area contributed by atoms with E-state index in [4.69, 9.17) is 30.6 Å². The molecule has 3 saturated carbocycles. The summed E-state index contributed by atoms with van der Waals surface area (Å²) < 4.78 is 34.4. The van der Waals surface area contributed by atoms with Crippen molar-refractivity contribution in [1.29, 1.82) is 0 Å². The number of amides is 1. The van der Waals surface area contributed by atoms with Gasteiger partial charge in [0.25, 0.3) is 5.91 Å². The third kappa shape index (κ3) is 9.91. The quantitative estimate of drug-likeness (QED) is 0.0588. The number of rotatable bonds is 17. The molecule has 0 radical (unpaired) electrons. The van der Waals surface area contributed by atoms with Gasteiger partial charge < -0.3 is 24.1 Å². The summed E-state index contributed by atoms with van der Waals surface area (Å²) in [4.78, 5) is 47.8. The molecule has 0 saturated heterocycles. The maximum absolute atomic E-state index is 15.7. The molecule has 2 N–H and O–H groups in total. The molecule has 1 amide bonds. The van der Waals surface area contributed by atoms with Crippen molar-refractivity contribution in [1.82, 2.24) is 15.0 Å². The van der Waals surface area contributed by atoms with Crippen molar-refractivity contribution in [2.24, 2.45) is 53.4 Å². The molecule has 7 rings (SSSR count). The number of imidazole rings is 1. The van der Waals surface area contributed by atoms with Gasteiger partial charge in [0.1, 0.15) is 38.0 Å². The average Bonchev–Trinajstić information content (AvgIpc) is 3.78. The lowest BCUT2D eigenvalue weighted by molar-refractivity contribution is -0.161. The fraction of sp³-hybridized carbons (Fsp3) is 0.625. The molecule has 0 spiro atoms. The zero-order valence-electron chi connectivity index (χ0n) is 37.0. The lowest BCUT2D eigenvalue weighted by Crippen LogP contribution is -2.51. The fourth-order valence-electron chi connectivity index (χ4n) is 11.9. The Labute approximate surface area is 378 Å². The van der Waals surface area contributed by atoms with Crippen molar-refractivity contribution in [2.75, 3.05) is 31.7 Å². The lowest BCUT2D eigenvalue weighted by atomic mass is 9.47. The van der Waals surface area contributed by atoms with E-state index in [0.717, 1.165) is 59.7 Å². The van der Waals surface area contributed by atoms with E-state index in [1.54, 1.807) is 29.8 Å². The average molecular weight is 942 g/mol. The first-order valence-corrected chi connectivity index (χ1v) is 23.7. The monoisotopic (exact) mass is 940 g/mol. The molecule has 1 heterocycles. The van der Waals surface area contributed by atoms with Crippen LogP contribution in [0.2, 0.25) is 5.02 Å². The maximum atomic E-state index is 15.7. The second kappa shape index (κ2) is 19.7. The highest BCUT2D eigenvalue weighted by molar-refractivity contribution is 9.10. The first-order chi connectivity index (χ1) is 29.6. The fourth-order valence-corrected chi connectivity index (χ4v) is 12.6. The van der Waals surface area contributed by atoms with Crippen LogP contribution in [0, 0.1) is 52.2 Å². The van der Waals surface area contributed by atoms with E-state index in [0.29, 0.717) is 27.6 Å². The molecule has 14 heteroatoms. The number of hydrogen-bond acceptors (Lipinski definition) is 9. The predicted octanol–water partition coefficient (Wildman–Crippen LogP) is 11.0. The van der Waals surface area contributed by atoms with Gasteiger partial charge in [0.05, 0.1) is 33.8 Å². The van der Waals surface area contributed by atoms with Gasteiger partial charge in [0, 0.05) is 17.9 Å². The number of aromatic nitrogens is 2. The molecule has 0 bridgehead atoms. The van der Waals surface area contributed by atoms with Gasteiger partial charge in [0.2, 0.25) is 0 Å². The number of allylic oxidation sites excluding steroid dienone is 1. The number of anilines is 2. The van der Waals surface area contributed by atoms with Crippen molar-refractivity contribution in [3.05, 3.63) is 63.1 Å². The van der Waals surface area contributed by atoms with Gasteiger partial charge >= 0.3 is 11.9 Å². The minimum atomic E-state index is -0.751. The van der Waals surface area contributed by atoms with Crippen LogP contribution in [0.4, 0.5) is 15.8 Å². The van der Waals surface area contributed by atoms with E-state index < -0.39 is 30.3 Å². The zero-order valence-corrected chi connectivity index (χ0v) is 39.3. The minimum Gasteiger partial charge on any atom is -0.461 e. The van der Waals surface area contributed by atoms with Crippen molar-refractivity contribution in [2.45, 2.75) is 111 Å². The van der Waals surface area contributed by atoms with E-state index in [9.17, 15) is 14.4 Å². The number of halogens is 3. The number of ether oxygens (including phenoxy) is 3. The van der Waals surface area contributed by atoms with Crippen LogP contribution in [0.15, 0.2) is 46.7 Å². The number of nitrogens with one attached hydrogen (secondary N) is 2. The SMILES string of the molecule is CC(C)CCC[C@@H](C)[C@H]1CC[C@H]2[C@@H]3CC=C4C[C@@H](OC(=O)COCC(=O)OCCONC(=O)c5cc6c(ncn6C)c(F)c5Nc5ccc(Br)cc5Cl)CC[C@]4(C)[C@H]3CC[C@]12C. The van der Waals surface area contributed by atoms with E-state index in [-0.39, 0.29) is 48.1 Å². The molecule has 11 nitrogen and oxygen atoms in total. The van der Waals surface area contributed by atoms with Gasteiger partial charge in [-0.2, -0.15) is 0 Å².